The van der Waals surface area contributed by atoms with E-state index in [4.69, 9.17) is 5.11 Å². The van der Waals surface area contributed by atoms with Crippen molar-refractivity contribution in [1.29, 1.82) is 0 Å². The zero-order chi connectivity index (χ0) is 6.97. The maximum atomic E-state index is 8.83. The Labute approximate surface area is 61.6 Å². The maximum absolute atomic E-state index is 8.83. The summed E-state index contributed by atoms with van der Waals surface area (Å²) in [5, 5.41) is 13.3. The van der Waals surface area contributed by atoms with Crippen LogP contribution < -0.4 is 5.32 Å². The fraction of sp³-hybridized carbons (Fsp3) is 1.00. The van der Waals surface area contributed by atoms with Gasteiger partial charge >= 0.3 is 0 Å². The second-order valence-electron chi connectivity index (χ2n) is 3.48. The van der Waals surface area contributed by atoms with Crippen molar-refractivity contribution in [3.8, 4) is 0 Å². The van der Waals surface area contributed by atoms with Crippen LogP contribution in [0.25, 0.3) is 0 Å². The van der Waals surface area contributed by atoms with Crippen LogP contribution in [-0.2, 0) is 0 Å². The van der Waals surface area contributed by atoms with Crippen molar-refractivity contribution in [2.75, 3.05) is 6.61 Å². The predicted octanol–water partition coefficient (Wildman–Crippen LogP) is 0.524. The molecule has 1 heterocycles. The molecule has 0 aromatic heterocycles. The summed E-state index contributed by atoms with van der Waals surface area (Å²) in [5.41, 5.74) is 0. The molecule has 1 saturated carbocycles. The summed E-state index contributed by atoms with van der Waals surface area (Å²) in [7, 11) is 0. The van der Waals surface area contributed by atoms with E-state index < -0.39 is 0 Å². The molecule has 3 atom stereocenters. The van der Waals surface area contributed by atoms with E-state index in [0.29, 0.717) is 6.04 Å². The standard InChI is InChI=1S/C8H14NO/c10-5-7-4-6-2-1-3-8(6)9-7/h6-8,10H,1-5H2. The largest absolute Gasteiger partial charge is 0.395 e. The molecule has 2 heteroatoms. The molecule has 1 saturated heterocycles. The van der Waals surface area contributed by atoms with E-state index in [0.717, 1.165) is 12.3 Å². The van der Waals surface area contributed by atoms with Gasteiger partial charge in [0.15, 0.2) is 0 Å². The molecule has 3 unspecified atom stereocenters. The molecule has 1 aliphatic heterocycles. The summed E-state index contributed by atoms with van der Waals surface area (Å²) < 4.78 is 0. The highest BCUT2D eigenvalue weighted by atomic mass is 16.3. The fourth-order valence-electron chi connectivity index (χ4n) is 2.29. The Morgan fingerprint density at radius 2 is 2.30 bits per heavy atom. The van der Waals surface area contributed by atoms with Crippen LogP contribution >= 0.6 is 0 Å². The fourth-order valence-corrected chi connectivity index (χ4v) is 2.29. The van der Waals surface area contributed by atoms with Crippen molar-refractivity contribution < 1.29 is 5.11 Å². The van der Waals surface area contributed by atoms with Crippen LogP contribution in [0.1, 0.15) is 25.7 Å². The van der Waals surface area contributed by atoms with Gasteiger partial charge in [0.1, 0.15) is 0 Å². The first kappa shape index (κ1) is 6.62. The van der Waals surface area contributed by atoms with Gasteiger partial charge in [-0.2, -0.15) is 0 Å². The zero-order valence-electron chi connectivity index (χ0n) is 6.16. The summed E-state index contributed by atoms with van der Waals surface area (Å²) in [6, 6.07) is 0.910. The Kier molecular flexibility index (Phi) is 1.66. The lowest BCUT2D eigenvalue weighted by molar-refractivity contribution is 0.246. The lowest BCUT2D eigenvalue weighted by atomic mass is 10.0. The van der Waals surface area contributed by atoms with E-state index in [1.165, 1.54) is 19.3 Å². The predicted molar refractivity (Wildman–Crippen MR) is 38.8 cm³/mol. The van der Waals surface area contributed by atoms with Gasteiger partial charge in [-0.1, -0.05) is 6.42 Å². The molecular weight excluding hydrogens is 126 g/mol. The lowest BCUT2D eigenvalue weighted by Crippen LogP contribution is -2.24. The molecule has 0 aromatic rings. The van der Waals surface area contributed by atoms with Gasteiger partial charge in [0.2, 0.25) is 0 Å². The van der Waals surface area contributed by atoms with Gasteiger partial charge in [-0.05, 0) is 25.2 Å². The molecule has 0 spiro atoms. The van der Waals surface area contributed by atoms with Crippen LogP contribution in [0.15, 0.2) is 0 Å². The lowest BCUT2D eigenvalue weighted by Gasteiger charge is -2.05. The van der Waals surface area contributed by atoms with Gasteiger partial charge in [-0.25, -0.2) is 5.32 Å². The third-order valence-electron chi connectivity index (χ3n) is 2.81. The summed E-state index contributed by atoms with van der Waals surface area (Å²) >= 11 is 0. The Morgan fingerprint density at radius 1 is 1.40 bits per heavy atom. The third-order valence-corrected chi connectivity index (χ3v) is 2.81. The van der Waals surface area contributed by atoms with Gasteiger partial charge in [0, 0.05) is 12.1 Å². The minimum Gasteiger partial charge on any atom is -0.395 e. The van der Waals surface area contributed by atoms with Crippen molar-refractivity contribution in [2.45, 2.75) is 37.8 Å². The molecule has 0 amide bonds. The number of aliphatic hydroxyl groups is 1. The summed E-state index contributed by atoms with van der Waals surface area (Å²) in [5.74, 6) is 0.831. The quantitative estimate of drug-likeness (QED) is 0.566. The van der Waals surface area contributed by atoms with Gasteiger partial charge in [0.05, 0.1) is 6.61 Å². The summed E-state index contributed by atoms with van der Waals surface area (Å²) in [4.78, 5) is 0. The molecule has 1 aliphatic carbocycles. The van der Waals surface area contributed by atoms with Crippen LogP contribution in [0, 0.1) is 5.92 Å². The molecule has 0 bridgehead atoms. The van der Waals surface area contributed by atoms with E-state index in [9.17, 15) is 0 Å². The van der Waals surface area contributed by atoms with Crippen LogP contribution in [0.4, 0.5) is 0 Å². The summed E-state index contributed by atoms with van der Waals surface area (Å²) in [6.45, 7) is 0.271. The first-order valence-electron chi connectivity index (χ1n) is 4.21. The Morgan fingerprint density at radius 3 is 3.00 bits per heavy atom. The molecule has 1 radical (unpaired) electrons. The monoisotopic (exact) mass is 140 g/mol. The number of rotatable bonds is 1. The highest BCUT2D eigenvalue weighted by Crippen LogP contribution is 2.35. The van der Waals surface area contributed by atoms with Crippen molar-refractivity contribution in [1.82, 2.24) is 5.32 Å². The minimum atomic E-state index is 0.271. The Bertz CT molecular complexity index is 114. The van der Waals surface area contributed by atoms with Gasteiger partial charge in [-0.3, -0.25) is 0 Å². The van der Waals surface area contributed by atoms with E-state index in [2.05, 4.69) is 5.32 Å². The second kappa shape index (κ2) is 2.51. The highest BCUT2D eigenvalue weighted by Gasteiger charge is 2.37. The third kappa shape index (κ3) is 0.956. The number of nitrogens with zero attached hydrogens (tertiary/aromatic N) is 1. The Hall–Kier alpha value is -0.0800. The highest BCUT2D eigenvalue weighted by molar-refractivity contribution is 4.93. The number of hydrogen-bond donors (Lipinski definition) is 1. The van der Waals surface area contributed by atoms with E-state index in [1.54, 1.807) is 0 Å². The number of aliphatic hydroxyl groups excluding tert-OH is 1. The average Bonchev–Trinajstić information content (AvgIpc) is 2.42. The van der Waals surface area contributed by atoms with Crippen molar-refractivity contribution in [2.24, 2.45) is 5.92 Å². The van der Waals surface area contributed by atoms with E-state index in [1.807, 2.05) is 0 Å². The molecule has 2 nitrogen and oxygen atoms in total. The number of fused-ring (bicyclic) bond motifs is 1. The van der Waals surface area contributed by atoms with Crippen LogP contribution in [0.3, 0.4) is 0 Å². The molecule has 2 rings (SSSR count). The molecule has 2 fully saturated rings. The van der Waals surface area contributed by atoms with E-state index in [-0.39, 0.29) is 12.6 Å². The maximum Gasteiger partial charge on any atom is 0.0601 e. The number of hydrogen-bond acceptors (Lipinski definition) is 1. The van der Waals surface area contributed by atoms with Gasteiger partial charge in [-0.15, -0.1) is 0 Å². The van der Waals surface area contributed by atoms with Crippen molar-refractivity contribution >= 4 is 0 Å². The van der Waals surface area contributed by atoms with Gasteiger partial charge < -0.3 is 5.11 Å². The second-order valence-corrected chi connectivity index (χ2v) is 3.48. The normalized spacial score (nSPS) is 45.9. The molecule has 57 valence electrons. The van der Waals surface area contributed by atoms with Crippen LogP contribution in [0.5, 0.6) is 0 Å². The topological polar surface area (TPSA) is 34.3 Å². The smallest absolute Gasteiger partial charge is 0.0601 e. The molecule has 1 N–H and O–H groups in total. The first-order valence-corrected chi connectivity index (χ1v) is 4.21. The van der Waals surface area contributed by atoms with Crippen LogP contribution in [-0.4, -0.2) is 23.8 Å². The summed E-state index contributed by atoms with van der Waals surface area (Å²) in [6.07, 6.45) is 5.14. The Balaban J connectivity index is 1.94. The molecule has 10 heavy (non-hydrogen) atoms. The molecular formula is C8H14NO. The van der Waals surface area contributed by atoms with Crippen molar-refractivity contribution in [3.63, 3.8) is 0 Å². The SMILES string of the molecule is OCC1CC2CCCC2[N]1. The average molecular weight is 140 g/mol. The van der Waals surface area contributed by atoms with Crippen molar-refractivity contribution in [3.05, 3.63) is 0 Å². The molecule has 0 aromatic carbocycles. The van der Waals surface area contributed by atoms with E-state index >= 15 is 0 Å². The zero-order valence-corrected chi connectivity index (χ0v) is 6.16. The molecule has 2 aliphatic rings. The van der Waals surface area contributed by atoms with Gasteiger partial charge in [0.25, 0.3) is 0 Å². The first-order chi connectivity index (χ1) is 4.90. The van der Waals surface area contributed by atoms with Crippen LogP contribution in [0.2, 0.25) is 0 Å². The minimum absolute atomic E-state index is 0.271.